The van der Waals surface area contributed by atoms with E-state index in [1.807, 2.05) is 6.92 Å². The Labute approximate surface area is 309 Å². The standard InChI is InChI=1S/C22H26F3N3O4S.C14H8F2N2O3/c1-2-14-5-6-15(20(30)27-16(12-29)7-8-32-22(23,24)25)10-17(14)28-21(31)18-11-26-19(33-18)9-13-3-4-13;15-14(16)21-12-4-3-11(13(19)20)5-10(12)2-1-9-6-17-8-18-7-9/h5-6,10-11,13,16,29H,2-4,7-9,12H2,1H3,(H,27,30)(H,28,31);3-8,14H,(H,19,20)/t16-;/m0./s1. The third kappa shape index (κ3) is 13.5. The molecule has 4 N–H and O–H groups in total. The fraction of sp³-hybridized carbons (Fsp3) is 0.333. The van der Waals surface area contributed by atoms with Gasteiger partial charge < -0.3 is 25.6 Å². The number of carbonyl (C=O) groups excluding carboxylic acids is 2. The lowest BCUT2D eigenvalue weighted by atomic mass is 10.1. The lowest BCUT2D eigenvalue weighted by molar-refractivity contribution is -0.325. The molecule has 1 atom stereocenters. The number of hydrogen-bond acceptors (Lipinski definition) is 10. The number of carbonyl (C=O) groups is 3. The van der Waals surface area contributed by atoms with E-state index in [4.69, 9.17) is 5.11 Å². The summed E-state index contributed by atoms with van der Waals surface area (Å²) >= 11 is 1.35. The average molecular weight is 776 g/mol. The zero-order valence-electron chi connectivity index (χ0n) is 28.5. The van der Waals surface area contributed by atoms with E-state index in [2.05, 4.69) is 46.9 Å². The highest BCUT2D eigenvalue weighted by Crippen LogP contribution is 2.34. The Morgan fingerprint density at radius 2 is 1.74 bits per heavy atom. The number of nitrogens with one attached hydrogen (secondary N) is 2. The van der Waals surface area contributed by atoms with Crippen molar-refractivity contribution in [2.45, 2.75) is 58.0 Å². The van der Waals surface area contributed by atoms with Gasteiger partial charge in [-0.05, 0) is 67.5 Å². The number of rotatable bonds is 14. The first-order chi connectivity index (χ1) is 25.7. The van der Waals surface area contributed by atoms with Crippen LogP contribution in [0.15, 0.2) is 61.3 Å². The summed E-state index contributed by atoms with van der Waals surface area (Å²) in [5.74, 6) is 3.60. The number of halogens is 5. The van der Waals surface area contributed by atoms with Gasteiger partial charge in [0.2, 0.25) is 0 Å². The summed E-state index contributed by atoms with van der Waals surface area (Å²) in [5.41, 5.74) is 1.91. The smallest absolute Gasteiger partial charge is 0.478 e. The number of thiazole rings is 1. The molecule has 0 saturated heterocycles. The quantitative estimate of drug-likeness (QED) is 0.0866. The Bertz CT molecular complexity index is 1960. The summed E-state index contributed by atoms with van der Waals surface area (Å²) in [5, 5.41) is 24.5. The lowest BCUT2D eigenvalue weighted by Crippen LogP contribution is -2.38. The van der Waals surface area contributed by atoms with Crippen LogP contribution in [0.1, 0.15) is 78.3 Å². The summed E-state index contributed by atoms with van der Waals surface area (Å²) in [7, 11) is 0. The second-order valence-corrected chi connectivity index (χ2v) is 12.8. The van der Waals surface area contributed by atoms with E-state index in [1.165, 1.54) is 49.0 Å². The summed E-state index contributed by atoms with van der Waals surface area (Å²) in [6.07, 6.45) is 4.65. The van der Waals surface area contributed by atoms with Gasteiger partial charge >= 0.3 is 18.9 Å². The number of aliphatic hydroxyl groups excluding tert-OH is 1. The van der Waals surface area contributed by atoms with Gasteiger partial charge in [-0.1, -0.05) is 24.8 Å². The zero-order valence-corrected chi connectivity index (χ0v) is 29.3. The molecule has 18 heteroatoms. The van der Waals surface area contributed by atoms with Gasteiger partial charge in [-0.15, -0.1) is 24.5 Å². The number of carboxylic acid groups (broad SMARTS) is 1. The van der Waals surface area contributed by atoms with Crippen LogP contribution >= 0.6 is 11.3 Å². The molecule has 286 valence electrons. The summed E-state index contributed by atoms with van der Waals surface area (Å²) < 4.78 is 69.0. The van der Waals surface area contributed by atoms with Crippen molar-refractivity contribution in [3.63, 3.8) is 0 Å². The first kappa shape index (κ1) is 41.2. The Balaban J connectivity index is 0.000000266. The molecule has 1 saturated carbocycles. The largest absolute Gasteiger partial charge is 0.522 e. The van der Waals surface area contributed by atoms with Gasteiger partial charge in [-0.2, -0.15) is 8.78 Å². The number of carboxylic acids is 1. The van der Waals surface area contributed by atoms with Gasteiger partial charge in [-0.25, -0.2) is 19.7 Å². The molecule has 1 aliphatic carbocycles. The minimum Gasteiger partial charge on any atom is -0.478 e. The van der Waals surface area contributed by atoms with Crippen molar-refractivity contribution in [1.29, 1.82) is 0 Å². The molecule has 54 heavy (non-hydrogen) atoms. The fourth-order valence-electron chi connectivity index (χ4n) is 4.66. The molecule has 1 fully saturated rings. The molecule has 0 unspecified atom stereocenters. The van der Waals surface area contributed by atoms with Gasteiger partial charge in [0.15, 0.2) is 0 Å². The van der Waals surface area contributed by atoms with E-state index in [0.717, 1.165) is 35.2 Å². The molecule has 0 aliphatic heterocycles. The van der Waals surface area contributed by atoms with Crippen LogP contribution in [0.4, 0.5) is 27.6 Å². The van der Waals surface area contributed by atoms with E-state index < -0.39 is 44.1 Å². The molecule has 2 aromatic heterocycles. The van der Waals surface area contributed by atoms with Crippen LogP contribution in [0.2, 0.25) is 0 Å². The summed E-state index contributed by atoms with van der Waals surface area (Å²) in [4.78, 5) is 48.5. The molecule has 2 amide bonds. The Morgan fingerprint density at radius 3 is 2.37 bits per heavy atom. The molecule has 1 aliphatic rings. The SMILES string of the molecule is CCc1ccc(C(=O)N[C@H](CO)CCOC(F)(F)F)cc1NC(=O)c1cnc(CC2CC2)s1.O=C(O)c1ccc(OC(F)F)c(C#Cc2cncnc2)c1. The molecule has 4 aromatic rings. The second-order valence-electron chi connectivity index (χ2n) is 11.7. The van der Waals surface area contributed by atoms with Crippen LogP contribution in [-0.4, -0.2) is 75.2 Å². The third-order valence-corrected chi connectivity index (χ3v) is 8.59. The summed E-state index contributed by atoms with van der Waals surface area (Å²) in [6.45, 7) is -2.35. The van der Waals surface area contributed by atoms with E-state index >= 15 is 0 Å². The number of ether oxygens (including phenoxy) is 2. The van der Waals surface area contributed by atoms with Crippen molar-refractivity contribution in [3.8, 4) is 17.6 Å². The monoisotopic (exact) mass is 775 g/mol. The Morgan fingerprint density at radius 1 is 1.02 bits per heavy atom. The third-order valence-electron chi connectivity index (χ3n) is 7.57. The highest BCUT2D eigenvalue weighted by Gasteiger charge is 2.29. The van der Waals surface area contributed by atoms with Gasteiger partial charge in [0.05, 0.1) is 47.2 Å². The molecule has 0 radical (unpaired) electrons. The number of benzene rings is 2. The molecular formula is C36H34F5N5O7S. The van der Waals surface area contributed by atoms with E-state index in [-0.39, 0.29) is 34.8 Å². The number of aromatic carboxylic acids is 1. The van der Waals surface area contributed by atoms with Crippen molar-refractivity contribution in [2.75, 3.05) is 18.5 Å². The number of aromatic nitrogens is 3. The number of amides is 2. The maximum absolute atomic E-state index is 12.7. The fourth-order valence-corrected chi connectivity index (χ4v) is 5.59. The minimum atomic E-state index is -4.77. The second kappa shape index (κ2) is 19.5. The van der Waals surface area contributed by atoms with E-state index in [1.54, 1.807) is 18.3 Å². The predicted molar refractivity (Wildman–Crippen MR) is 185 cm³/mol. The maximum atomic E-state index is 12.7. The highest BCUT2D eigenvalue weighted by atomic mass is 32.1. The number of aryl methyl sites for hydroxylation is 1. The topological polar surface area (TPSA) is 173 Å². The number of anilines is 1. The first-order valence-electron chi connectivity index (χ1n) is 16.3. The van der Waals surface area contributed by atoms with Crippen LogP contribution in [0.3, 0.4) is 0 Å². The van der Waals surface area contributed by atoms with Gasteiger partial charge in [0.25, 0.3) is 11.8 Å². The van der Waals surface area contributed by atoms with Crippen molar-refractivity contribution in [1.82, 2.24) is 20.3 Å². The normalized spacial score (nSPS) is 12.8. The van der Waals surface area contributed by atoms with Crippen molar-refractivity contribution >= 4 is 34.8 Å². The Hall–Kier alpha value is -5.51. The molecule has 0 spiro atoms. The number of hydrogen-bond donors (Lipinski definition) is 4. The highest BCUT2D eigenvalue weighted by molar-refractivity contribution is 7.13. The molecule has 2 aromatic carbocycles. The van der Waals surface area contributed by atoms with Crippen LogP contribution in [0, 0.1) is 17.8 Å². The van der Waals surface area contributed by atoms with Crippen molar-refractivity contribution < 1.29 is 56.0 Å². The van der Waals surface area contributed by atoms with Gasteiger partial charge in [0.1, 0.15) is 17.0 Å². The van der Waals surface area contributed by atoms with E-state index in [0.29, 0.717) is 28.5 Å². The number of alkyl halides is 5. The Kier molecular flexibility index (Phi) is 14.9. The van der Waals surface area contributed by atoms with Gasteiger partial charge in [-0.3, -0.25) is 14.3 Å². The summed E-state index contributed by atoms with van der Waals surface area (Å²) in [6, 6.07) is 7.33. The van der Waals surface area contributed by atoms with Crippen molar-refractivity contribution in [2.24, 2.45) is 5.92 Å². The number of nitrogens with zero attached hydrogens (tertiary/aromatic N) is 3. The van der Waals surface area contributed by atoms with Crippen LogP contribution in [0.5, 0.6) is 5.75 Å². The van der Waals surface area contributed by atoms with Gasteiger partial charge in [0, 0.05) is 30.1 Å². The lowest BCUT2D eigenvalue weighted by Gasteiger charge is -2.18. The van der Waals surface area contributed by atoms with E-state index in [9.17, 15) is 41.4 Å². The van der Waals surface area contributed by atoms with Crippen LogP contribution < -0.4 is 15.4 Å². The van der Waals surface area contributed by atoms with Crippen LogP contribution in [-0.2, 0) is 17.6 Å². The van der Waals surface area contributed by atoms with Crippen molar-refractivity contribution in [3.05, 3.63) is 99.0 Å². The minimum absolute atomic E-state index is 0.0408. The zero-order chi connectivity index (χ0) is 39.3. The molecule has 5 rings (SSSR count). The predicted octanol–water partition coefficient (Wildman–Crippen LogP) is 6.10. The average Bonchev–Trinajstić information content (AvgIpc) is 3.83. The molecular weight excluding hydrogens is 741 g/mol. The molecule has 12 nitrogen and oxygen atoms in total. The maximum Gasteiger partial charge on any atom is 0.522 e. The first-order valence-corrected chi connectivity index (χ1v) is 17.2. The van der Waals surface area contributed by atoms with Crippen LogP contribution in [0.25, 0.3) is 0 Å². The molecule has 2 heterocycles. The number of aliphatic hydroxyl groups is 1. The molecule has 0 bridgehead atoms.